The number of halogens is 1. The van der Waals surface area contributed by atoms with E-state index in [0.717, 1.165) is 16.7 Å². The highest BCUT2D eigenvalue weighted by Crippen LogP contribution is 2.32. The van der Waals surface area contributed by atoms with Gasteiger partial charge in [-0.25, -0.2) is 4.79 Å². The number of Topliss-reactive ketones (excluding diaryl/α,β-unsaturated/α-hetero) is 1. The van der Waals surface area contributed by atoms with Crippen LogP contribution in [0.3, 0.4) is 0 Å². The maximum atomic E-state index is 12.7. The molecule has 31 heavy (non-hydrogen) atoms. The van der Waals surface area contributed by atoms with Crippen LogP contribution >= 0.6 is 11.6 Å². The molecule has 0 N–H and O–H groups in total. The van der Waals surface area contributed by atoms with Gasteiger partial charge in [-0.3, -0.25) is 4.79 Å². The molecule has 0 saturated heterocycles. The molecule has 4 aromatic rings. The Morgan fingerprint density at radius 3 is 2.42 bits per heavy atom. The van der Waals surface area contributed by atoms with Gasteiger partial charge in [-0.05, 0) is 66.9 Å². The van der Waals surface area contributed by atoms with Crippen LogP contribution in [-0.2, 0) is 6.42 Å². The van der Waals surface area contributed by atoms with Crippen molar-refractivity contribution in [1.82, 2.24) is 0 Å². The highest BCUT2D eigenvalue weighted by Gasteiger charge is 2.17. The van der Waals surface area contributed by atoms with E-state index in [1.54, 1.807) is 24.3 Å². The van der Waals surface area contributed by atoms with E-state index in [9.17, 15) is 9.59 Å². The Kier molecular flexibility index (Phi) is 5.92. The number of benzene rings is 3. The molecular weight excluding hydrogens is 412 g/mol. The molecule has 0 bridgehead atoms. The van der Waals surface area contributed by atoms with Crippen LogP contribution in [-0.4, -0.2) is 12.4 Å². The van der Waals surface area contributed by atoms with Crippen molar-refractivity contribution in [3.63, 3.8) is 0 Å². The maximum Gasteiger partial charge on any atom is 0.340 e. The van der Waals surface area contributed by atoms with Crippen molar-refractivity contribution in [2.24, 2.45) is 0 Å². The van der Waals surface area contributed by atoms with Gasteiger partial charge in [0.25, 0.3) is 0 Å². The van der Waals surface area contributed by atoms with Crippen molar-refractivity contribution in [3.8, 4) is 5.75 Å². The minimum absolute atomic E-state index is 0.132. The van der Waals surface area contributed by atoms with Gasteiger partial charge in [-0.2, -0.15) is 0 Å². The number of fused-ring (bicyclic) bond motifs is 1. The molecule has 0 aliphatic heterocycles. The lowest BCUT2D eigenvalue weighted by Gasteiger charge is -2.14. The summed E-state index contributed by atoms with van der Waals surface area (Å²) in [6.45, 7) is 3.65. The third kappa shape index (κ3) is 4.54. The molecule has 0 aliphatic carbocycles. The van der Waals surface area contributed by atoms with Crippen LogP contribution in [0.2, 0.25) is 5.02 Å². The first-order chi connectivity index (χ1) is 14.9. The molecule has 1 aromatic heterocycles. The fourth-order valence-corrected chi connectivity index (χ4v) is 3.74. The summed E-state index contributed by atoms with van der Waals surface area (Å²) in [5.74, 6) is 0.360. The Hall–Kier alpha value is -3.37. The van der Waals surface area contributed by atoms with Crippen LogP contribution in [0, 0.1) is 13.8 Å². The Labute approximate surface area is 185 Å². The second-order valence-electron chi connectivity index (χ2n) is 7.51. The van der Waals surface area contributed by atoms with E-state index in [2.05, 4.69) is 0 Å². The lowest BCUT2D eigenvalue weighted by atomic mass is 9.98. The molecule has 0 unspecified atom stereocenters. The molecule has 0 amide bonds. The number of aryl methyl sites for hydroxylation is 2. The molecule has 0 atom stereocenters. The monoisotopic (exact) mass is 432 g/mol. The second kappa shape index (κ2) is 8.78. The van der Waals surface area contributed by atoms with Crippen molar-refractivity contribution in [1.29, 1.82) is 0 Å². The predicted molar refractivity (Wildman–Crippen MR) is 122 cm³/mol. The fourth-order valence-electron chi connectivity index (χ4n) is 3.62. The first kappa shape index (κ1) is 20.9. The molecule has 3 aromatic carbocycles. The first-order valence-electron chi connectivity index (χ1n) is 9.95. The van der Waals surface area contributed by atoms with Crippen LogP contribution in [0.4, 0.5) is 0 Å². The average molecular weight is 433 g/mol. The minimum Gasteiger partial charge on any atom is -0.485 e. The van der Waals surface area contributed by atoms with Crippen LogP contribution in [0.5, 0.6) is 5.75 Å². The van der Waals surface area contributed by atoms with Crippen molar-refractivity contribution in [3.05, 3.63) is 110 Å². The smallest absolute Gasteiger partial charge is 0.340 e. The summed E-state index contributed by atoms with van der Waals surface area (Å²) >= 11 is 5.90. The van der Waals surface area contributed by atoms with Gasteiger partial charge in [0.05, 0.1) is 5.39 Å². The standard InChI is InChI=1S/C26H21ClO4/c1-16-12-23(30-15-22(28)19-8-10-20(27)11-9-19)25-17(2)21(26(29)31-24(25)13-16)14-18-6-4-3-5-7-18/h3-13H,14-15H2,1-2H3. The third-order valence-corrected chi connectivity index (χ3v) is 5.49. The Bertz CT molecular complexity index is 1310. The molecular formula is C26H21ClO4. The number of carbonyl (C=O) groups is 1. The normalized spacial score (nSPS) is 10.9. The minimum atomic E-state index is -0.359. The largest absolute Gasteiger partial charge is 0.485 e. The highest BCUT2D eigenvalue weighted by molar-refractivity contribution is 6.30. The van der Waals surface area contributed by atoms with Gasteiger partial charge in [0.2, 0.25) is 0 Å². The van der Waals surface area contributed by atoms with Crippen molar-refractivity contribution in [2.75, 3.05) is 6.61 Å². The zero-order valence-corrected chi connectivity index (χ0v) is 18.0. The molecule has 0 saturated carbocycles. The van der Waals surface area contributed by atoms with E-state index >= 15 is 0 Å². The van der Waals surface area contributed by atoms with Crippen molar-refractivity contribution >= 4 is 28.4 Å². The number of hydrogen-bond donors (Lipinski definition) is 0. The molecule has 0 spiro atoms. The van der Waals surface area contributed by atoms with Crippen LogP contribution < -0.4 is 10.4 Å². The van der Waals surface area contributed by atoms with Gasteiger partial charge in [-0.1, -0.05) is 41.9 Å². The predicted octanol–water partition coefficient (Wildman–Crippen LogP) is 5.92. The fraction of sp³-hybridized carbons (Fsp3) is 0.154. The van der Waals surface area contributed by atoms with E-state index < -0.39 is 0 Å². The Balaban J connectivity index is 1.70. The topological polar surface area (TPSA) is 56.5 Å². The summed E-state index contributed by atoms with van der Waals surface area (Å²) in [5, 5.41) is 1.28. The Morgan fingerprint density at radius 2 is 1.71 bits per heavy atom. The summed E-state index contributed by atoms with van der Waals surface area (Å²) in [5.41, 5.74) is 3.88. The van der Waals surface area contributed by atoms with Crippen molar-refractivity contribution < 1.29 is 13.9 Å². The van der Waals surface area contributed by atoms with Gasteiger partial charge in [0.1, 0.15) is 11.3 Å². The lowest BCUT2D eigenvalue weighted by molar-refractivity contribution is 0.0922. The number of hydrogen-bond acceptors (Lipinski definition) is 4. The third-order valence-electron chi connectivity index (χ3n) is 5.24. The van der Waals surface area contributed by atoms with E-state index in [4.69, 9.17) is 20.8 Å². The molecule has 4 rings (SSSR count). The molecule has 4 nitrogen and oxygen atoms in total. The SMILES string of the molecule is Cc1cc(OCC(=O)c2ccc(Cl)cc2)c2c(C)c(Cc3ccccc3)c(=O)oc2c1. The summed E-state index contributed by atoms with van der Waals surface area (Å²) in [6, 6.07) is 20.1. The van der Waals surface area contributed by atoms with Crippen LogP contribution in [0.1, 0.15) is 32.6 Å². The zero-order valence-electron chi connectivity index (χ0n) is 17.3. The van der Waals surface area contributed by atoms with Gasteiger partial charge >= 0.3 is 5.63 Å². The first-order valence-corrected chi connectivity index (χ1v) is 10.3. The molecule has 156 valence electrons. The number of ketones is 1. The summed E-state index contributed by atoms with van der Waals surface area (Å²) in [4.78, 5) is 25.2. The number of ether oxygens (including phenoxy) is 1. The summed E-state index contributed by atoms with van der Waals surface area (Å²) in [7, 11) is 0. The number of rotatable bonds is 6. The zero-order chi connectivity index (χ0) is 22.0. The highest BCUT2D eigenvalue weighted by atomic mass is 35.5. The molecule has 5 heteroatoms. The van der Waals surface area contributed by atoms with Crippen LogP contribution in [0.15, 0.2) is 75.9 Å². The quantitative estimate of drug-likeness (QED) is 0.280. The Morgan fingerprint density at radius 1 is 1.00 bits per heavy atom. The summed E-state index contributed by atoms with van der Waals surface area (Å²) in [6.07, 6.45) is 0.460. The second-order valence-corrected chi connectivity index (χ2v) is 7.95. The van der Waals surface area contributed by atoms with Gasteiger partial charge in [0, 0.05) is 22.6 Å². The van der Waals surface area contributed by atoms with Gasteiger partial charge < -0.3 is 9.15 Å². The van der Waals surface area contributed by atoms with Crippen LogP contribution in [0.25, 0.3) is 11.0 Å². The van der Waals surface area contributed by atoms with Gasteiger partial charge in [0.15, 0.2) is 12.4 Å². The summed E-state index contributed by atoms with van der Waals surface area (Å²) < 4.78 is 11.6. The molecule has 1 heterocycles. The van der Waals surface area contributed by atoms with E-state index in [0.29, 0.717) is 39.3 Å². The number of carbonyl (C=O) groups excluding carboxylic acids is 1. The van der Waals surface area contributed by atoms with E-state index in [1.165, 1.54) is 0 Å². The molecule has 0 radical (unpaired) electrons. The average Bonchev–Trinajstić information content (AvgIpc) is 2.75. The maximum absolute atomic E-state index is 12.7. The van der Waals surface area contributed by atoms with E-state index in [1.807, 2.05) is 56.3 Å². The van der Waals surface area contributed by atoms with Crippen molar-refractivity contribution in [2.45, 2.75) is 20.3 Å². The van der Waals surface area contributed by atoms with E-state index in [-0.39, 0.29) is 18.0 Å². The lowest BCUT2D eigenvalue weighted by Crippen LogP contribution is -2.14. The molecule has 0 fully saturated rings. The molecule has 0 aliphatic rings. The van der Waals surface area contributed by atoms with Gasteiger partial charge in [-0.15, -0.1) is 0 Å².